The van der Waals surface area contributed by atoms with E-state index in [1.54, 1.807) is 29.5 Å². The fourth-order valence-corrected chi connectivity index (χ4v) is 2.46. The Morgan fingerprint density at radius 1 is 1.37 bits per heavy atom. The zero-order valence-electron chi connectivity index (χ0n) is 10.2. The molecule has 0 amide bonds. The number of hydrogen-bond acceptors (Lipinski definition) is 4. The van der Waals surface area contributed by atoms with Crippen molar-refractivity contribution in [1.29, 1.82) is 5.26 Å². The molecular formula is C14H10N2O2S. The Labute approximate surface area is 114 Å². The molecular weight excluding hydrogens is 260 g/mol. The van der Waals surface area contributed by atoms with Gasteiger partial charge in [0.05, 0.1) is 16.6 Å². The minimum absolute atomic E-state index is 0.0216. The van der Waals surface area contributed by atoms with Crippen molar-refractivity contribution in [1.82, 2.24) is 0 Å². The van der Waals surface area contributed by atoms with Gasteiger partial charge in [0, 0.05) is 17.0 Å². The number of hydrogen-bond donors (Lipinski definition) is 0. The van der Waals surface area contributed by atoms with Crippen molar-refractivity contribution < 1.29 is 4.92 Å². The average molecular weight is 270 g/mol. The highest BCUT2D eigenvalue weighted by Crippen LogP contribution is 2.24. The van der Waals surface area contributed by atoms with Crippen LogP contribution in [0.1, 0.15) is 16.0 Å². The quantitative estimate of drug-likeness (QED) is 0.480. The number of aryl methyl sites for hydroxylation is 1. The number of nitriles is 1. The molecule has 0 spiro atoms. The van der Waals surface area contributed by atoms with Crippen molar-refractivity contribution in [2.24, 2.45) is 0 Å². The molecule has 19 heavy (non-hydrogen) atoms. The molecule has 0 saturated heterocycles. The van der Waals surface area contributed by atoms with Crippen molar-refractivity contribution >= 4 is 28.7 Å². The van der Waals surface area contributed by atoms with E-state index >= 15 is 0 Å². The van der Waals surface area contributed by atoms with Gasteiger partial charge in [-0.15, -0.1) is 11.3 Å². The SMILES string of the molecule is Cc1ccsc1/C=C(/C#N)c1ccc([N+](=O)[O-])cc1. The number of non-ortho nitro benzene ring substituents is 1. The zero-order valence-corrected chi connectivity index (χ0v) is 11.0. The Bertz CT molecular complexity index is 678. The van der Waals surface area contributed by atoms with E-state index in [1.165, 1.54) is 12.1 Å². The van der Waals surface area contributed by atoms with Crippen LogP contribution in [-0.4, -0.2) is 4.92 Å². The fraction of sp³-hybridized carbons (Fsp3) is 0.0714. The second-order valence-electron chi connectivity index (χ2n) is 3.94. The van der Waals surface area contributed by atoms with Gasteiger partial charge in [-0.25, -0.2) is 0 Å². The molecule has 0 unspecified atom stereocenters. The van der Waals surface area contributed by atoms with E-state index in [-0.39, 0.29) is 5.69 Å². The van der Waals surface area contributed by atoms with Crippen LogP contribution < -0.4 is 0 Å². The molecule has 0 fully saturated rings. The Hall–Kier alpha value is -2.45. The first kappa shape index (κ1) is 13.0. The van der Waals surface area contributed by atoms with Crippen molar-refractivity contribution in [2.45, 2.75) is 6.92 Å². The summed E-state index contributed by atoms with van der Waals surface area (Å²) in [4.78, 5) is 11.1. The second-order valence-corrected chi connectivity index (χ2v) is 4.89. The summed E-state index contributed by atoms with van der Waals surface area (Å²) in [6.07, 6.45) is 1.81. The van der Waals surface area contributed by atoms with Gasteiger partial charge < -0.3 is 0 Å². The summed E-state index contributed by atoms with van der Waals surface area (Å²) < 4.78 is 0. The topological polar surface area (TPSA) is 66.9 Å². The highest BCUT2D eigenvalue weighted by atomic mass is 32.1. The van der Waals surface area contributed by atoms with E-state index in [0.717, 1.165) is 10.4 Å². The van der Waals surface area contributed by atoms with Gasteiger partial charge in [-0.05, 0) is 47.7 Å². The molecule has 2 aromatic rings. The van der Waals surface area contributed by atoms with Crippen LogP contribution in [0.2, 0.25) is 0 Å². The summed E-state index contributed by atoms with van der Waals surface area (Å²) in [5, 5.41) is 21.7. The predicted octanol–water partition coefficient (Wildman–Crippen LogP) is 4.03. The maximum atomic E-state index is 10.6. The number of thiophene rings is 1. The molecule has 2 rings (SSSR count). The standard InChI is InChI=1S/C14H10N2O2S/c1-10-6-7-19-14(10)8-12(9-15)11-2-4-13(5-3-11)16(17)18/h2-8H,1H3/b12-8-. The monoisotopic (exact) mass is 270 g/mol. The largest absolute Gasteiger partial charge is 0.269 e. The highest BCUT2D eigenvalue weighted by molar-refractivity contribution is 7.11. The Kier molecular flexibility index (Phi) is 3.74. The van der Waals surface area contributed by atoms with Crippen LogP contribution >= 0.6 is 11.3 Å². The van der Waals surface area contributed by atoms with Gasteiger partial charge in [-0.2, -0.15) is 5.26 Å². The first-order chi connectivity index (χ1) is 9.11. The van der Waals surface area contributed by atoms with Gasteiger partial charge in [-0.1, -0.05) is 0 Å². The second kappa shape index (κ2) is 5.46. The van der Waals surface area contributed by atoms with Crippen LogP contribution in [0.5, 0.6) is 0 Å². The maximum absolute atomic E-state index is 10.6. The van der Waals surface area contributed by atoms with Gasteiger partial charge >= 0.3 is 0 Å². The highest BCUT2D eigenvalue weighted by Gasteiger charge is 2.07. The van der Waals surface area contributed by atoms with E-state index < -0.39 is 4.92 Å². The number of nitro groups is 1. The Morgan fingerprint density at radius 3 is 2.53 bits per heavy atom. The summed E-state index contributed by atoms with van der Waals surface area (Å²) >= 11 is 1.56. The molecule has 1 heterocycles. The molecule has 0 N–H and O–H groups in total. The van der Waals surface area contributed by atoms with Crippen molar-refractivity contribution in [3.05, 3.63) is 61.8 Å². The molecule has 0 radical (unpaired) electrons. The smallest absolute Gasteiger partial charge is 0.258 e. The van der Waals surface area contributed by atoms with Crippen LogP contribution in [0.4, 0.5) is 5.69 Å². The summed E-state index contributed by atoms with van der Waals surface area (Å²) in [6.45, 7) is 1.98. The third-order valence-electron chi connectivity index (χ3n) is 2.69. The summed E-state index contributed by atoms with van der Waals surface area (Å²) in [6, 6.07) is 10.1. The average Bonchev–Trinajstić information content (AvgIpc) is 2.81. The number of nitrogens with zero attached hydrogens (tertiary/aromatic N) is 2. The lowest BCUT2D eigenvalue weighted by Crippen LogP contribution is -1.88. The van der Waals surface area contributed by atoms with E-state index in [2.05, 4.69) is 6.07 Å². The van der Waals surface area contributed by atoms with Gasteiger partial charge in [-0.3, -0.25) is 10.1 Å². The number of rotatable bonds is 3. The minimum atomic E-state index is -0.455. The molecule has 1 aromatic heterocycles. The third kappa shape index (κ3) is 2.87. The first-order valence-corrected chi connectivity index (χ1v) is 6.40. The van der Waals surface area contributed by atoms with Crippen LogP contribution in [0.25, 0.3) is 11.6 Å². The lowest BCUT2D eigenvalue weighted by molar-refractivity contribution is -0.384. The van der Waals surface area contributed by atoms with Crippen molar-refractivity contribution in [2.75, 3.05) is 0 Å². The third-order valence-corrected chi connectivity index (χ3v) is 3.65. The molecule has 0 atom stereocenters. The molecule has 4 nitrogen and oxygen atoms in total. The number of allylic oxidation sites excluding steroid dienone is 1. The van der Waals surface area contributed by atoms with Crippen LogP contribution in [0.3, 0.4) is 0 Å². The van der Waals surface area contributed by atoms with E-state index in [9.17, 15) is 15.4 Å². The minimum Gasteiger partial charge on any atom is -0.258 e. The fourth-order valence-electron chi connectivity index (χ4n) is 1.61. The van der Waals surface area contributed by atoms with Crippen LogP contribution in [-0.2, 0) is 0 Å². The molecule has 1 aromatic carbocycles. The summed E-state index contributed by atoms with van der Waals surface area (Å²) in [5.41, 5.74) is 2.31. The lowest BCUT2D eigenvalue weighted by Gasteiger charge is -1.99. The molecule has 0 bridgehead atoms. The Balaban J connectivity index is 2.38. The molecule has 0 aliphatic heterocycles. The normalized spacial score (nSPS) is 11.1. The number of benzene rings is 1. The summed E-state index contributed by atoms with van der Waals surface area (Å²) in [7, 11) is 0. The Morgan fingerprint density at radius 2 is 2.05 bits per heavy atom. The summed E-state index contributed by atoms with van der Waals surface area (Å²) in [5.74, 6) is 0. The van der Waals surface area contributed by atoms with Gasteiger partial charge in [0.15, 0.2) is 0 Å². The number of nitro benzene ring substituents is 1. The van der Waals surface area contributed by atoms with Gasteiger partial charge in [0.2, 0.25) is 0 Å². The van der Waals surface area contributed by atoms with Crippen molar-refractivity contribution in [3.63, 3.8) is 0 Å². The molecule has 0 aliphatic rings. The predicted molar refractivity (Wildman–Crippen MR) is 75.6 cm³/mol. The van der Waals surface area contributed by atoms with Gasteiger partial charge in [0.25, 0.3) is 5.69 Å². The van der Waals surface area contributed by atoms with Crippen LogP contribution in [0.15, 0.2) is 35.7 Å². The van der Waals surface area contributed by atoms with Gasteiger partial charge in [0.1, 0.15) is 0 Å². The van der Waals surface area contributed by atoms with E-state index in [4.69, 9.17) is 0 Å². The molecule has 0 aliphatic carbocycles. The first-order valence-electron chi connectivity index (χ1n) is 5.52. The van der Waals surface area contributed by atoms with Crippen LogP contribution in [0, 0.1) is 28.4 Å². The molecule has 94 valence electrons. The van der Waals surface area contributed by atoms with Crippen molar-refractivity contribution in [3.8, 4) is 6.07 Å². The lowest BCUT2D eigenvalue weighted by atomic mass is 10.1. The van der Waals surface area contributed by atoms with E-state index in [0.29, 0.717) is 11.1 Å². The van der Waals surface area contributed by atoms with E-state index in [1.807, 2.05) is 18.4 Å². The molecule has 0 saturated carbocycles. The zero-order chi connectivity index (χ0) is 13.8. The maximum Gasteiger partial charge on any atom is 0.269 e. The molecule has 5 heteroatoms.